The van der Waals surface area contributed by atoms with Crippen LogP contribution in [0.2, 0.25) is 10.6 Å². The van der Waals surface area contributed by atoms with Gasteiger partial charge in [-0.3, -0.25) is 0 Å². The molecule has 12 heavy (non-hydrogen) atoms. The second kappa shape index (κ2) is 3.92. The summed E-state index contributed by atoms with van der Waals surface area (Å²) in [7, 11) is 1.32. The molecule has 0 heterocycles. The third-order valence-electron chi connectivity index (χ3n) is 2.69. The van der Waals surface area contributed by atoms with Crippen molar-refractivity contribution in [2.24, 2.45) is 0 Å². The zero-order valence-electron chi connectivity index (χ0n) is 8.81. The summed E-state index contributed by atoms with van der Waals surface area (Å²) in [5.41, 5.74) is 0.917. The number of hydrogen-bond donors (Lipinski definition) is 0. The summed E-state index contributed by atoms with van der Waals surface area (Å²) >= 11 is 0. The fraction of sp³-hybridized carbons (Fsp3) is 1.00. The molecule has 0 spiro atoms. The Morgan fingerprint density at radius 3 is 2.00 bits per heavy atom. The first-order valence-corrected chi connectivity index (χ1v) is 6.45. The van der Waals surface area contributed by atoms with Gasteiger partial charge in [0.1, 0.15) is 0 Å². The Labute approximate surface area is 78.2 Å². The maximum Gasteiger partial charge on any atom is 0.219 e. The molecule has 1 fully saturated rings. The van der Waals surface area contributed by atoms with Gasteiger partial charge in [0.15, 0.2) is 0 Å². The summed E-state index contributed by atoms with van der Waals surface area (Å²) < 4.78 is 5.70. The Morgan fingerprint density at radius 1 is 1.17 bits per heavy atom. The fourth-order valence-corrected chi connectivity index (χ4v) is 5.38. The molecule has 0 aromatic heterocycles. The van der Waals surface area contributed by atoms with E-state index in [0.29, 0.717) is 5.04 Å². The lowest BCUT2D eigenvalue weighted by Gasteiger charge is -2.31. The highest BCUT2D eigenvalue weighted by Gasteiger charge is 2.36. The van der Waals surface area contributed by atoms with E-state index in [1.54, 1.807) is 0 Å². The van der Waals surface area contributed by atoms with E-state index in [1.807, 2.05) is 7.11 Å². The molecule has 0 N–H and O–H groups in total. The maximum atomic E-state index is 5.70. The molecular formula is C10H21OSi. The van der Waals surface area contributed by atoms with E-state index >= 15 is 0 Å². The SMILES string of the molecule is CO[Si](C1CCCC1)C(C)(C)C. The molecule has 1 nitrogen and oxygen atoms in total. The largest absolute Gasteiger partial charge is 0.419 e. The maximum absolute atomic E-state index is 5.70. The van der Waals surface area contributed by atoms with Crippen molar-refractivity contribution in [3.05, 3.63) is 0 Å². The Bertz CT molecular complexity index is 133. The van der Waals surface area contributed by atoms with Crippen LogP contribution in [0.1, 0.15) is 46.5 Å². The lowest BCUT2D eigenvalue weighted by atomic mass is 10.2. The molecule has 0 aromatic rings. The monoisotopic (exact) mass is 185 g/mol. The Hall–Kier alpha value is 0.177. The van der Waals surface area contributed by atoms with Crippen LogP contribution in [0, 0.1) is 0 Å². The highest BCUT2D eigenvalue weighted by molar-refractivity contribution is 6.57. The molecule has 0 amide bonds. The molecule has 1 rings (SSSR count). The average Bonchev–Trinajstić information content (AvgIpc) is 2.38. The van der Waals surface area contributed by atoms with Gasteiger partial charge in [-0.25, -0.2) is 0 Å². The van der Waals surface area contributed by atoms with E-state index < -0.39 is 9.04 Å². The fourth-order valence-electron chi connectivity index (χ4n) is 2.27. The summed E-state index contributed by atoms with van der Waals surface area (Å²) in [6.07, 6.45) is 5.69. The highest BCUT2D eigenvalue weighted by atomic mass is 28.3. The van der Waals surface area contributed by atoms with Crippen LogP contribution in [0.15, 0.2) is 0 Å². The van der Waals surface area contributed by atoms with Crippen molar-refractivity contribution in [1.29, 1.82) is 0 Å². The van der Waals surface area contributed by atoms with Crippen molar-refractivity contribution in [1.82, 2.24) is 0 Å². The van der Waals surface area contributed by atoms with E-state index in [2.05, 4.69) is 20.8 Å². The summed E-state index contributed by atoms with van der Waals surface area (Å²) in [5, 5.41) is 0.411. The van der Waals surface area contributed by atoms with Crippen LogP contribution in [0.25, 0.3) is 0 Å². The van der Waals surface area contributed by atoms with Gasteiger partial charge in [-0.2, -0.15) is 0 Å². The second-order valence-corrected chi connectivity index (χ2v) is 8.25. The first-order chi connectivity index (χ1) is 5.55. The third-order valence-corrected chi connectivity index (χ3v) is 5.92. The van der Waals surface area contributed by atoms with E-state index in [9.17, 15) is 0 Å². The Morgan fingerprint density at radius 2 is 1.67 bits per heavy atom. The molecule has 0 unspecified atom stereocenters. The molecule has 1 aliphatic rings. The third kappa shape index (κ3) is 2.33. The number of rotatable bonds is 2. The molecule has 0 aliphatic heterocycles. The van der Waals surface area contributed by atoms with Crippen molar-refractivity contribution in [2.45, 2.75) is 57.0 Å². The van der Waals surface area contributed by atoms with Gasteiger partial charge in [-0.05, 0) is 10.6 Å². The van der Waals surface area contributed by atoms with Crippen LogP contribution in [-0.2, 0) is 4.43 Å². The molecular weight excluding hydrogens is 164 g/mol. The molecule has 0 atom stereocenters. The minimum Gasteiger partial charge on any atom is -0.419 e. The second-order valence-electron chi connectivity index (χ2n) is 4.80. The van der Waals surface area contributed by atoms with Crippen LogP contribution in [-0.4, -0.2) is 16.2 Å². The first-order valence-electron chi connectivity index (χ1n) is 4.97. The minimum atomic E-state index is -0.577. The van der Waals surface area contributed by atoms with Crippen molar-refractivity contribution < 1.29 is 4.43 Å². The molecule has 0 aromatic carbocycles. The molecule has 1 aliphatic carbocycles. The summed E-state index contributed by atoms with van der Waals surface area (Å²) in [6.45, 7) is 6.97. The predicted octanol–water partition coefficient (Wildman–Crippen LogP) is 3.37. The van der Waals surface area contributed by atoms with Gasteiger partial charge in [-0.1, -0.05) is 46.5 Å². The van der Waals surface area contributed by atoms with Crippen LogP contribution in [0.4, 0.5) is 0 Å². The summed E-state index contributed by atoms with van der Waals surface area (Å²) in [5.74, 6) is 0. The minimum absolute atomic E-state index is 0.411. The van der Waals surface area contributed by atoms with Gasteiger partial charge in [0.2, 0.25) is 9.04 Å². The molecule has 1 radical (unpaired) electrons. The van der Waals surface area contributed by atoms with Gasteiger partial charge in [0, 0.05) is 7.11 Å². The van der Waals surface area contributed by atoms with Gasteiger partial charge in [0.05, 0.1) is 0 Å². The zero-order chi connectivity index (χ0) is 9.19. The Balaban J connectivity index is 2.54. The van der Waals surface area contributed by atoms with Crippen molar-refractivity contribution in [2.75, 3.05) is 7.11 Å². The topological polar surface area (TPSA) is 9.23 Å². The van der Waals surface area contributed by atoms with Crippen molar-refractivity contribution >= 4 is 9.04 Å². The molecule has 71 valence electrons. The van der Waals surface area contributed by atoms with Crippen LogP contribution in [0.3, 0.4) is 0 Å². The highest BCUT2D eigenvalue weighted by Crippen LogP contribution is 2.42. The van der Waals surface area contributed by atoms with Gasteiger partial charge < -0.3 is 4.43 Å². The summed E-state index contributed by atoms with van der Waals surface area (Å²) in [4.78, 5) is 0. The van der Waals surface area contributed by atoms with E-state index in [-0.39, 0.29) is 0 Å². The molecule has 0 bridgehead atoms. The molecule has 2 heteroatoms. The van der Waals surface area contributed by atoms with Gasteiger partial charge in [-0.15, -0.1) is 0 Å². The van der Waals surface area contributed by atoms with E-state index in [4.69, 9.17) is 4.43 Å². The molecule has 0 saturated heterocycles. The van der Waals surface area contributed by atoms with Crippen LogP contribution < -0.4 is 0 Å². The van der Waals surface area contributed by atoms with Crippen LogP contribution in [0.5, 0.6) is 0 Å². The van der Waals surface area contributed by atoms with Crippen molar-refractivity contribution in [3.63, 3.8) is 0 Å². The lowest BCUT2D eigenvalue weighted by Crippen LogP contribution is -2.32. The van der Waals surface area contributed by atoms with Crippen molar-refractivity contribution in [3.8, 4) is 0 Å². The smallest absolute Gasteiger partial charge is 0.219 e. The average molecular weight is 185 g/mol. The lowest BCUT2D eigenvalue weighted by molar-refractivity contribution is 0.375. The van der Waals surface area contributed by atoms with Gasteiger partial charge in [0.25, 0.3) is 0 Å². The quantitative estimate of drug-likeness (QED) is 0.599. The predicted molar refractivity (Wildman–Crippen MR) is 54.7 cm³/mol. The zero-order valence-corrected chi connectivity index (χ0v) is 9.81. The Kier molecular flexibility index (Phi) is 3.35. The van der Waals surface area contributed by atoms with Gasteiger partial charge >= 0.3 is 0 Å². The van der Waals surface area contributed by atoms with Crippen LogP contribution >= 0.6 is 0 Å². The standard InChI is InChI=1S/C10H21OSi/c1-10(2,3)12(11-4)9-7-5-6-8-9/h9H,5-8H2,1-4H3. The normalized spacial score (nSPS) is 20.8. The summed E-state index contributed by atoms with van der Waals surface area (Å²) in [6, 6.07) is 0. The molecule has 1 saturated carbocycles. The van der Waals surface area contributed by atoms with E-state index in [0.717, 1.165) is 5.54 Å². The first kappa shape index (κ1) is 10.3. The van der Waals surface area contributed by atoms with E-state index in [1.165, 1.54) is 25.7 Å². The number of hydrogen-bond acceptors (Lipinski definition) is 1.